The molecule has 1 fully saturated rings. The lowest BCUT2D eigenvalue weighted by atomic mass is 9.72. The van der Waals surface area contributed by atoms with Gasteiger partial charge in [0, 0.05) is 6.04 Å². The molecule has 0 amide bonds. The van der Waals surface area contributed by atoms with Crippen molar-refractivity contribution in [1.29, 1.82) is 0 Å². The molecule has 0 saturated heterocycles. The summed E-state index contributed by atoms with van der Waals surface area (Å²) in [4.78, 5) is 0. The number of hydrogen-bond donors (Lipinski definition) is 1. The molecular weight excluding hydrogens is 218 g/mol. The van der Waals surface area contributed by atoms with Gasteiger partial charge in [0.05, 0.1) is 0 Å². The summed E-state index contributed by atoms with van der Waals surface area (Å²) >= 11 is 0. The first-order valence-electron chi connectivity index (χ1n) is 8.43. The molecule has 1 aliphatic rings. The van der Waals surface area contributed by atoms with E-state index < -0.39 is 0 Å². The minimum Gasteiger partial charge on any atom is -0.316 e. The highest BCUT2D eigenvalue weighted by Crippen LogP contribution is 2.36. The van der Waals surface area contributed by atoms with Crippen molar-refractivity contribution in [2.24, 2.45) is 17.8 Å². The molecule has 3 atom stereocenters. The normalized spacial score (nSPS) is 26.5. The van der Waals surface area contributed by atoms with Gasteiger partial charge >= 0.3 is 0 Å². The van der Waals surface area contributed by atoms with Crippen molar-refractivity contribution in [3.63, 3.8) is 0 Å². The molecule has 1 N–H and O–H groups in total. The van der Waals surface area contributed by atoms with Gasteiger partial charge in [0.1, 0.15) is 0 Å². The van der Waals surface area contributed by atoms with Crippen LogP contribution in [0.25, 0.3) is 0 Å². The summed E-state index contributed by atoms with van der Waals surface area (Å²) in [6.07, 6.45) is 12.8. The van der Waals surface area contributed by atoms with Gasteiger partial charge in [0.25, 0.3) is 0 Å². The molecule has 0 aliphatic heterocycles. The van der Waals surface area contributed by atoms with Crippen LogP contribution in [0.2, 0.25) is 0 Å². The zero-order valence-electron chi connectivity index (χ0n) is 13.2. The second-order valence-electron chi connectivity index (χ2n) is 6.35. The minimum atomic E-state index is 0.777. The monoisotopic (exact) mass is 253 g/mol. The lowest BCUT2D eigenvalue weighted by Gasteiger charge is -2.38. The molecule has 0 aromatic heterocycles. The lowest BCUT2D eigenvalue weighted by molar-refractivity contribution is 0.162. The maximum absolute atomic E-state index is 3.69. The van der Waals surface area contributed by atoms with E-state index in [2.05, 4.69) is 33.1 Å². The molecule has 1 rings (SSSR count). The van der Waals surface area contributed by atoms with Crippen LogP contribution in [-0.2, 0) is 0 Å². The van der Waals surface area contributed by atoms with Crippen LogP contribution in [0.5, 0.6) is 0 Å². The van der Waals surface area contributed by atoms with E-state index in [-0.39, 0.29) is 0 Å². The van der Waals surface area contributed by atoms with E-state index in [9.17, 15) is 0 Å². The van der Waals surface area contributed by atoms with Gasteiger partial charge in [-0.15, -0.1) is 0 Å². The van der Waals surface area contributed by atoms with E-state index in [1.54, 1.807) is 0 Å². The molecule has 0 spiro atoms. The Morgan fingerprint density at radius 1 is 1.06 bits per heavy atom. The Labute approximate surface area is 115 Å². The highest BCUT2D eigenvalue weighted by atomic mass is 14.9. The minimum absolute atomic E-state index is 0.777. The van der Waals surface area contributed by atoms with Crippen LogP contribution >= 0.6 is 0 Å². The fraction of sp³-hybridized carbons (Fsp3) is 1.00. The molecule has 1 aliphatic carbocycles. The Morgan fingerprint density at radius 2 is 1.72 bits per heavy atom. The Hall–Kier alpha value is -0.0400. The van der Waals surface area contributed by atoms with Crippen molar-refractivity contribution in [2.75, 3.05) is 7.05 Å². The van der Waals surface area contributed by atoms with Crippen molar-refractivity contribution in [3.8, 4) is 0 Å². The van der Waals surface area contributed by atoms with Crippen LogP contribution in [-0.4, -0.2) is 13.1 Å². The molecule has 0 bridgehead atoms. The van der Waals surface area contributed by atoms with Gasteiger partial charge in [-0.05, 0) is 50.5 Å². The third-order valence-corrected chi connectivity index (χ3v) is 5.07. The number of rotatable bonds is 8. The van der Waals surface area contributed by atoms with Gasteiger partial charge in [0.15, 0.2) is 0 Å². The van der Waals surface area contributed by atoms with E-state index in [1.807, 2.05) is 0 Å². The predicted molar refractivity (Wildman–Crippen MR) is 81.9 cm³/mol. The highest BCUT2D eigenvalue weighted by Gasteiger charge is 2.31. The molecule has 1 saturated carbocycles. The SMILES string of the molecule is CCCC(CCC)C(NC)C1CCCC(CC)C1. The molecule has 1 heteroatoms. The molecular formula is C17H35N. The zero-order valence-corrected chi connectivity index (χ0v) is 13.2. The Kier molecular flexibility index (Phi) is 7.97. The first-order valence-corrected chi connectivity index (χ1v) is 8.43. The standard InChI is InChI=1S/C17H35N/c1-5-9-15(10-6-2)17(18-4)16-12-8-11-14(7-3)13-16/h14-18H,5-13H2,1-4H3. The van der Waals surface area contributed by atoms with Gasteiger partial charge in [-0.2, -0.15) is 0 Å². The summed E-state index contributed by atoms with van der Waals surface area (Å²) in [5.41, 5.74) is 0. The summed E-state index contributed by atoms with van der Waals surface area (Å²) in [5.74, 6) is 2.85. The summed E-state index contributed by atoms with van der Waals surface area (Å²) in [6, 6.07) is 0.777. The van der Waals surface area contributed by atoms with Crippen LogP contribution in [0.1, 0.15) is 78.6 Å². The number of hydrogen-bond acceptors (Lipinski definition) is 1. The fourth-order valence-corrected chi connectivity index (χ4v) is 4.13. The predicted octanol–water partition coefficient (Wildman–Crippen LogP) is 5.01. The maximum atomic E-state index is 3.69. The van der Waals surface area contributed by atoms with Gasteiger partial charge in [-0.25, -0.2) is 0 Å². The largest absolute Gasteiger partial charge is 0.316 e. The highest BCUT2D eigenvalue weighted by molar-refractivity contribution is 4.86. The fourth-order valence-electron chi connectivity index (χ4n) is 4.13. The molecule has 0 aromatic rings. The molecule has 18 heavy (non-hydrogen) atoms. The smallest absolute Gasteiger partial charge is 0.0121 e. The van der Waals surface area contributed by atoms with E-state index in [1.165, 1.54) is 57.8 Å². The second-order valence-corrected chi connectivity index (χ2v) is 6.35. The summed E-state index contributed by atoms with van der Waals surface area (Å²) in [6.45, 7) is 7.05. The van der Waals surface area contributed by atoms with E-state index in [0.29, 0.717) is 0 Å². The van der Waals surface area contributed by atoms with E-state index >= 15 is 0 Å². The number of nitrogens with one attached hydrogen (secondary N) is 1. The van der Waals surface area contributed by atoms with Crippen molar-refractivity contribution < 1.29 is 0 Å². The average Bonchev–Trinajstić information content (AvgIpc) is 2.40. The van der Waals surface area contributed by atoms with Crippen molar-refractivity contribution in [1.82, 2.24) is 5.32 Å². The Bertz CT molecular complexity index is 196. The average molecular weight is 253 g/mol. The first kappa shape index (κ1) is 16.0. The molecule has 1 nitrogen and oxygen atoms in total. The third-order valence-electron chi connectivity index (χ3n) is 5.07. The lowest BCUT2D eigenvalue weighted by Crippen LogP contribution is -2.42. The van der Waals surface area contributed by atoms with Crippen LogP contribution in [0.15, 0.2) is 0 Å². The summed E-state index contributed by atoms with van der Waals surface area (Å²) in [5, 5.41) is 3.69. The second kappa shape index (κ2) is 8.96. The summed E-state index contributed by atoms with van der Waals surface area (Å²) < 4.78 is 0. The van der Waals surface area contributed by atoms with Gasteiger partial charge < -0.3 is 5.32 Å². The summed E-state index contributed by atoms with van der Waals surface area (Å²) in [7, 11) is 2.19. The van der Waals surface area contributed by atoms with E-state index in [0.717, 1.165) is 23.8 Å². The zero-order chi connectivity index (χ0) is 13.4. The molecule has 0 radical (unpaired) electrons. The van der Waals surface area contributed by atoms with Crippen molar-refractivity contribution in [3.05, 3.63) is 0 Å². The first-order chi connectivity index (χ1) is 8.76. The third kappa shape index (κ3) is 4.57. The molecule has 108 valence electrons. The Balaban J connectivity index is 2.60. The van der Waals surface area contributed by atoms with Crippen LogP contribution in [0.4, 0.5) is 0 Å². The Morgan fingerprint density at radius 3 is 2.22 bits per heavy atom. The van der Waals surface area contributed by atoms with Crippen LogP contribution in [0, 0.1) is 17.8 Å². The van der Waals surface area contributed by atoms with Crippen LogP contribution < -0.4 is 5.32 Å². The quantitative estimate of drug-likeness (QED) is 0.641. The van der Waals surface area contributed by atoms with Gasteiger partial charge in [-0.1, -0.05) is 52.9 Å². The molecule has 0 aromatic carbocycles. The van der Waals surface area contributed by atoms with Gasteiger partial charge in [-0.3, -0.25) is 0 Å². The van der Waals surface area contributed by atoms with E-state index in [4.69, 9.17) is 0 Å². The topological polar surface area (TPSA) is 12.0 Å². The van der Waals surface area contributed by atoms with Crippen LogP contribution in [0.3, 0.4) is 0 Å². The molecule has 3 unspecified atom stereocenters. The van der Waals surface area contributed by atoms with Crippen molar-refractivity contribution >= 4 is 0 Å². The maximum Gasteiger partial charge on any atom is 0.0121 e. The molecule has 0 heterocycles. The van der Waals surface area contributed by atoms with Gasteiger partial charge in [0.2, 0.25) is 0 Å². The van der Waals surface area contributed by atoms with Crippen molar-refractivity contribution in [2.45, 2.75) is 84.6 Å².